The van der Waals surface area contributed by atoms with E-state index in [1.165, 1.54) is 0 Å². The van der Waals surface area contributed by atoms with Crippen LogP contribution < -0.4 is 5.32 Å². The number of Topliss-reactive ketones (excluding diaryl/α,β-unsaturated/α-hetero) is 1. The van der Waals surface area contributed by atoms with Crippen molar-refractivity contribution in [1.82, 2.24) is 10.3 Å². The van der Waals surface area contributed by atoms with Crippen LogP contribution in [0.15, 0.2) is 12.3 Å². The van der Waals surface area contributed by atoms with Crippen molar-refractivity contribution in [2.75, 3.05) is 0 Å². The average molecular weight is 285 g/mol. The highest BCUT2D eigenvalue weighted by Gasteiger charge is 2.34. The smallest absolute Gasteiger partial charge is 0.150 e. The number of carbonyl (C=O) groups excluding carboxylic acids is 1. The summed E-state index contributed by atoms with van der Waals surface area (Å²) in [7, 11) is 0. The molecule has 3 nitrogen and oxygen atoms in total. The van der Waals surface area contributed by atoms with Crippen LogP contribution in [0.1, 0.15) is 30.9 Å². The zero-order chi connectivity index (χ0) is 14.0. The number of nitrogens with zero attached hydrogens (tertiary/aromatic N) is 1. The molecule has 1 aromatic rings. The van der Waals surface area contributed by atoms with Gasteiger partial charge in [0.2, 0.25) is 0 Å². The number of carbonyl (C=O) groups is 1. The van der Waals surface area contributed by atoms with Gasteiger partial charge in [-0.1, -0.05) is 11.6 Å². The van der Waals surface area contributed by atoms with Gasteiger partial charge < -0.3 is 5.32 Å². The van der Waals surface area contributed by atoms with Crippen LogP contribution in [-0.4, -0.2) is 29.0 Å². The van der Waals surface area contributed by atoms with E-state index in [9.17, 15) is 9.18 Å². The number of hydrogen-bond acceptors (Lipinski definition) is 3. The summed E-state index contributed by atoms with van der Waals surface area (Å²) in [5, 5.41) is 3.44. The second-order valence-corrected chi connectivity index (χ2v) is 5.55. The van der Waals surface area contributed by atoms with Gasteiger partial charge >= 0.3 is 0 Å². The summed E-state index contributed by atoms with van der Waals surface area (Å²) in [6.45, 7) is 3.71. The molecular weight excluding hydrogens is 267 g/mol. The van der Waals surface area contributed by atoms with E-state index in [0.717, 1.165) is 11.1 Å². The van der Waals surface area contributed by atoms with Crippen molar-refractivity contribution < 1.29 is 9.18 Å². The van der Waals surface area contributed by atoms with E-state index in [1.54, 1.807) is 19.2 Å². The predicted octanol–water partition coefficient (Wildman–Crippen LogP) is 2.63. The highest BCUT2D eigenvalue weighted by Crippen LogP contribution is 2.20. The lowest BCUT2D eigenvalue weighted by molar-refractivity contribution is -0.120. The zero-order valence-electron chi connectivity index (χ0n) is 11.1. The second-order valence-electron chi connectivity index (χ2n) is 5.16. The molecule has 0 bridgehead atoms. The maximum atomic E-state index is 13.4. The first-order valence-electron chi connectivity index (χ1n) is 6.51. The Labute approximate surface area is 117 Å². The number of ketones is 1. The number of pyridine rings is 1. The Morgan fingerprint density at radius 3 is 3.00 bits per heavy atom. The Kier molecular flexibility index (Phi) is 4.53. The summed E-state index contributed by atoms with van der Waals surface area (Å²) in [5.41, 5.74) is 2.05. The monoisotopic (exact) mass is 284 g/mol. The van der Waals surface area contributed by atoms with Crippen molar-refractivity contribution >= 4 is 17.4 Å². The minimum absolute atomic E-state index is 0.0688. The van der Waals surface area contributed by atoms with Gasteiger partial charge in [-0.15, -0.1) is 0 Å². The molecule has 0 unspecified atom stereocenters. The molecule has 2 rings (SSSR count). The van der Waals surface area contributed by atoms with Crippen LogP contribution in [0.5, 0.6) is 0 Å². The number of rotatable bonds is 4. The van der Waals surface area contributed by atoms with Gasteiger partial charge in [-0.2, -0.15) is 0 Å². The summed E-state index contributed by atoms with van der Waals surface area (Å²) in [6, 6.07) is 1.21. The molecule has 1 fully saturated rings. The molecule has 0 amide bonds. The van der Waals surface area contributed by atoms with Crippen LogP contribution in [0.25, 0.3) is 0 Å². The highest BCUT2D eigenvalue weighted by molar-refractivity contribution is 6.29. The van der Waals surface area contributed by atoms with Gasteiger partial charge in [-0.25, -0.2) is 9.37 Å². The molecule has 1 saturated heterocycles. The van der Waals surface area contributed by atoms with E-state index in [0.29, 0.717) is 18.0 Å². The lowest BCUT2D eigenvalue weighted by atomic mass is 10.0. The normalized spacial score (nSPS) is 26.6. The molecule has 0 spiro atoms. The van der Waals surface area contributed by atoms with Gasteiger partial charge in [0, 0.05) is 25.1 Å². The first-order valence-corrected chi connectivity index (χ1v) is 6.89. The summed E-state index contributed by atoms with van der Waals surface area (Å²) in [6.07, 6.45) is 2.09. The molecule has 1 aliphatic heterocycles. The van der Waals surface area contributed by atoms with Gasteiger partial charge in [-0.05, 0) is 37.5 Å². The van der Waals surface area contributed by atoms with Crippen molar-refractivity contribution in [2.45, 2.75) is 51.4 Å². The number of halogens is 2. The van der Waals surface area contributed by atoms with E-state index in [-0.39, 0.29) is 24.3 Å². The van der Waals surface area contributed by atoms with E-state index in [2.05, 4.69) is 10.3 Å². The van der Waals surface area contributed by atoms with E-state index < -0.39 is 6.17 Å². The first kappa shape index (κ1) is 14.4. The largest absolute Gasteiger partial charge is 0.302 e. The van der Waals surface area contributed by atoms with Gasteiger partial charge in [0.25, 0.3) is 0 Å². The summed E-state index contributed by atoms with van der Waals surface area (Å²) >= 11 is 5.84. The van der Waals surface area contributed by atoms with Crippen LogP contribution in [0.4, 0.5) is 4.39 Å². The fourth-order valence-electron chi connectivity index (χ4n) is 2.38. The van der Waals surface area contributed by atoms with Gasteiger partial charge in [0.15, 0.2) is 0 Å². The van der Waals surface area contributed by atoms with Crippen molar-refractivity contribution in [3.8, 4) is 0 Å². The number of alkyl halides is 1. The summed E-state index contributed by atoms with van der Waals surface area (Å²) < 4.78 is 13.4. The lowest BCUT2D eigenvalue weighted by Gasteiger charge is -2.11. The van der Waals surface area contributed by atoms with Crippen LogP contribution >= 0.6 is 11.6 Å². The first-order chi connectivity index (χ1) is 8.97. The van der Waals surface area contributed by atoms with Crippen molar-refractivity contribution in [3.63, 3.8) is 0 Å². The SMILES string of the molecule is Cc1cnc(Cl)cc1CCC(=O)[C@@H]1C[C@@H](F)[C@H](C)N1. The van der Waals surface area contributed by atoms with Crippen LogP contribution in [0, 0.1) is 6.92 Å². The second kappa shape index (κ2) is 5.97. The highest BCUT2D eigenvalue weighted by atomic mass is 35.5. The fourth-order valence-corrected chi connectivity index (χ4v) is 2.56. The summed E-state index contributed by atoms with van der Waals surface area (Å²) in [5.74, 6) is 0.0688. The molecule has 104 valence electrons. The number of nitrogens with one attached hydrogen (secondary N) is 1. The van der Waals surface area contributed by atoms with Gasteiger partial charge in [-0.3, -0.25) is 4.79 Å². The Bertz CT molecular complexity index is 471. The van der Waals surface area contributed by atoms with E-state index in [4.69, 9.17) is 11.6 Å². The molecule has 1 aliphatic rings. The molecule has 0 radical (unpaired) electrons. The molecule has 0 aliphatic carbocycles. The molecule has 0 saturated carbocycles. The van der Waals surface area contributed by atoms with Gasteiger partial charge in [0.05, 0.1) is 6.04 Å². The molecule has 0 aromatic carbocycles. The number of hydrogen-bond donors (Lipinski definition) is 1. The molecule has 3 atom stereocenters. The van der Waals surface area contributed by atoms with Crippen LogP contribution in [0.2, 0.25) is 5.15 Å². The van der Waals surface area contributed by atoms with Gasteiger partial charge in [0.1, 0.15) is 17.1 Å². The summed E-state index contributed by atoms with van der Waals surface area (Å²) in [4.78, 5) is 16.0. The average Bonchev–Trinajstić information content (AvgIpc) is 2.70. The van der Waals surface area contributed by atoms with E-state index in [1.807, 2.05) is 6.92 Å². The third kappa shape index (κ3) is 3.51. The third-order valence-corrected chi connectivity index (χ3v) is 3.88. The maximum Gasteiger partial charge on any atom is 0.150 e. The minimum atomic E-state index is -0.925. The topological polar surface area (TPSA) is 42.0 Å². The fraction of sp³-hybridized carbons (Fsp3) is 0.571. The Morgan fingerprint density at radius 2 is 2.37 bits per heavy atom. The quantitative estimate of drug-likeness (QED) is 0.864. The van der Waals surface area contributed by atoms with Crippen molar-refractivity contribution in [1.29, 1.82) is 0 Å². The standard InChI is InChI=1S/C14H18ClFN2O/c1-8-7-17-14(15)5-10(8)3-4-13(19)12-6-11(16)9(2)18-12/h5,7,9,11-12,18H,3-4,6H2,1-2H3/t9-,11+,12-/m0/s1. The zero-order valence-corrected chi connectivity index (χ0v) is 11.9. The number of aryl methyl sites for hydroxylation is 2. The predicted molar refractivity (Wildman–Crippen MR) is 73.2 cm³/mol. The lowest BCUT2D eigenvalue weighted by Crippen LogP contribution is -2.35. The minimum Gasteiger partial charge on any atom is -0.302 e. The number of aromatic nitrogens is 1. The van der Waals surface area contributed by atoms with E-state index >= 15 is 0 Å². The Morgan fingerprint density at radius 1 is 1.63 bits per heavy atom. The molecule has 1 N–H and O–H groups in total. The van der Waals surface area contributed by atoms with Crippen molar-refractivity contribution in [3.05, 3.63) is 28.5 Å². The van der Waals surface area contributed by atoms with Crippen LogP contribution in [0.3, 0.4) is 0 Å². The molecule has 1 aromatic heterocycles. The Balaban J connectivity index is 1.92. The molecule has 2 heterocycles. The van der Waals surface area contributed by atoms with Crippen LogP contribution in [-0.2, 0) is 11.2 Å². The third-order valence-electron chi connectivity index (χ3n) is 3.68. The maximum absolute atomic E-state index is 13.4. The van der Waals surface area contributed by atoms with Crippen molar-refractivity contribution in [2.24, 2.45) is 0 Å². The Hall–Kier alpha value is -1.00. The molecule has 19 heavy (non-hydrogen) atoms. The molecule has 5 heteroatoms. The molecular formula is C14H18ClFN2O.